The van der Waals surface area contributed by atoms with Gasteiger partial charge in [0.1, 0.15) is 33.5 Å². The maximum absolute atomic E-state index is 13.3. The maximum atomic E-state index is 13.3. The molecule has 3 heterocycles. The first-order chi connectivity index (χ1) is 15.6. The number of methoxy groups -OCH3 is 1. The molecule has 33 heavy (non-hydrogen) atoms. The summed E-state index contributed by atoms with van der Waals surface area (Å²) in [7, 11) is -2.78. The Balaban J connectivity index is 1.36. The van der Waals surface area contributed by atoms with Crippen LogP contribution in [-0.2, 0) is 26.0 Å². The highest BCUT2D eigenvalue weighted by Gasteiger charge is 2.38. The van der Waals surface area contributed by atoms with Gasteiger partial charge in [-0.05, 0) is 38.3 Å². The summed E-state index contributed by atoms with van der Waals surface area (Å²) >= 11 is 0. The van der Waals surface area contributed by atoms with E-state index in [1.165, 1.54) is 25.3 Å². The third kappa shape index (κ3) is 4.59. The largest absolute Gasteiger partial charge is 0.466 e. The Kier molecular flexibility index (Phi) is 6.41. The van der Waals surface area contributed by atoms with Gasteiger partial charge in [-0.3, -0.25) is 4.79 Å². The average Bonchev–Trinajstić information content (AvgIpc) is 3.19. The molecule has 2 fully saturated rings. The molecule has 4 rings (SSSR count). The van der Waals surface area contributed by atoms with E-state index in [1.54, 1.807) is 4.90 Å². The van der Waals surface area contributed by atoms with Crippen LogP contribution in [0, 0.1) is 19.8 Å². The number of sulfonamides is 1. The molecule has 2 atom stereocenters. The lowest BCUT2D eigenvalue weighted by Gasteiger charge is -2.34. The molecule has 1 amide bonds. The molecular weight excluding hydrogens is 448 g/mol. The minimum absolute atomic E-state index is 0.0321. The Morgan fingerprint density at radius 2 is 1.76 bits per heavy atom. The average molecular weight is 479 g/mol. The lowest BCUT2D eigenvalue weighted by Crippen LogP contribution is -2.50. The minimum atomic E-state index is -3.98. The number of piperazine rings is 1. The number of amides is 1. The molecule has 0 radical (unpaired) electrons. The van der Waals surface area contributed by atoms with Gasteiger partial charge in [-0.1, -0.05) is 6.92 Å². The zero-order valence-corrected chi connectivity index (χ0v) is 20.2. The molecule has 1 aliphatic heterocycles. The van der Waals surface area contributed by atoms with Crippen molar-refractivity contribution in [1.29, 1.82) is 0 Å². The second kappa shape index (κ2) is 8.98. The number of carbonyl (C=O) groups is 2. The van der Waals surface area contributed by atoms with Crippen molar-refractivity contribution in [2.24, 2.45) is 5.92 Å². The van der Waals surface area contributed by atoms with Crippen LogP contribution in [0.15, 0.2) is 25.9 Å². The number of carbonyl (C=O) groups excluding carboxylic acids is 2. The number of rotatable bonds is 7. The Bertz CT molecular complexity index is 1160. The van der Waals surface area contributed by atoms with Gasteiger partial charge in [0.15, 0.2) is 0 Å². The van der Waals surface area contributed by atoms with Gasteiger partial charge >= 0.3 is 5.97 Å². The minimum Gasteiger partial charge on any atom is -0.466 e. The molecule has 0 bridgehead atoms. The molecule has 2 aromatic heterocycles. The van der Waals surface area contributed by atoms with Crippen LogP contribution in [0.25, 0.3) is 0 Å². The fourth-order valence-corrected chi connectivity index (χ4v) is 6.25. The second-order valence-electron chi connectivity index (χ2n) is 8.82. The normalized spacial score (nSPS) is 21.3. The van der Waals surface area contributed by atoms with Crippen LogP contribution in [0.3, 0.4) is 0 Å². The van der Waals surface area contributed by atoms with E-state index in [0.29, 0.717) is 24.7 Å². The van der Waals surface area contributed by atoms with Crippen molar-refractivity contribution in [2.45, 2.75) is 50.8 Å². The SMILES string of the molecule is COC(=O)c1c(C)oc(C)c1S(=O)(=O)N1CCN(C(=O)CCc2ccc(C3CC3C)o2)CC1. The summed E-state index contributed by atoms with van der Waals surface area (Å²) in [5.74, 6) is 2.53. The predicted molar refractivity (Wildman–Crippen MR) is 118 cm³/mol. The number of esters is 1. The molecular formula is C23H30N2O7S. The Labute approximate surface area is 193 Å². The van der Waals surface area contributed by atoms with Crippen molar-refractivity contribution in [3.8, 4) is 0 Å². The fraction of sp³-hybridized carbons (Fsp3) is 0.565. The van der Waals surface area contributed by atoms with Gasteiger partial charge in [0.05, 0.1) is 7.11 Å². The molecule has 180 valence electrons. The van der Waals surface area contributed by atoms with Crippen molar-refractivity contribution in [1.82, 2.24) is 9.21 Å². The van der Waals surface area contributed by atoms with Crippen molar-refractivity contribution >= 4 is 21.9 Å². The highest BCUT2D eigenvalue weighted by Crippen LogP contribution is 2.47. The van der Waals surface area contributed by atoms with Crippen LogP contribution in [0.2, 0.25) is 0 Å². The van der Waals surface area contributed by atoms with E-state index in [4.69, 9.17) is 13.6 Å². The molecule has 0 aromatic carbocycles. The number of furan rings is 2. The summed E-state index contributed by atoms with van der Waals surface area (Å²) in [6, 6.07) is 3.94. The fourth-order valence-electron chi connectivity index (χ4n) is 4.45. The first kappa shape index (κ1) is 23.6. The predicted octanol–water partition coefficient (Wildman–Crippen LogP) is 2.87. The lowest BCUT2D eigenvalue weighted by molar-refractivity contribution is -0.132. The van der Waals surface area contributed by atoms with E-state index in [2.05, 4.69) is 6.92 Å². The van der Waals surface area contributed by atoms with Crippen LogP contribution < -0.4 is 0 Å². The maximum Gasteiger partial charge on any atom is 0.342 e. The van der Waals surface area contributed by atoms with Crippen LogP contribution in [0.5, 0.6) is 0 Å². The molecule has 1 aliphatic carbocycles. The Hall–Kier alpha value is -2.59. The smallest absolute Gasteiger partial charge is 0.342 e. The molecule has 2 unspecified atom stereocenters. The summed E-state index contributed by atoms with van der Waals surface area (Å²) < 4.78 is 43.9. The van der Waals surface area contributed by atoms with Crippen molar-refractivity contribution in [2.75, 3.05) is 33.3 Å². The molecule has 1 saturated carbocycles. The van der Waals surface area contributed by atoms with Gasteiger partial charge < -0.3 is 18.5 Å². The molecule has 2 aliphatic rings. The number of nitrogens with zero attached hydrogens (tertiary/aromatic N) is 2. The monoisotopic (exact) mass is 478 g/mol. The summed E-state index contributed by atoms with van der Waals surface area (Å²) in [5.41, 5.74) is -0.0769. The van der Waals surface area contributed by atoms with Gasteiger partial charge in [0.25, 0.3) is 0 Å². The summed E-state index contributed by atoms with van der Waals surface area (Å²) in [5, 5.41) is 0. The number of ether oxygens (including phenoxy) is 1. The summed E-state index contributed by atoms with van der Waals surface area (Å²) in [4.78, 5) is 26.4. The summed E-state index contributed by atoms with van der Waals surface area (Å²) in [6.45, 7) is 6.08. The van der Waals surface area contributed by atoms with E-state index in [9.17, 15) is 18.0 Å². The van der Waals surface area contributed by atoms with Crippen LogP contribution in [0.4, 0.5) is 0 Å². The lowest BCUT2D eigenvalue weighted by atomic mass is 10.2. The van der Waals surface area contributed by atoms with Crippen LogP contribution in [-0.4, -0.2) is 62.8 Å². The molecule has 2 aromatic rings. The molecule has 10 heteroatoms. The van der Waals surface area contributed by atoms with Crippen LogP contribution >= 0.6 is 0 Å². The first-order valence-corrected chi connectivity index (χ1v) is 12.6. The van der Waals surface area contributed by atoms with E-state index >= 15 is 0 Å². The Morgan fingerprint density at radius 1 is 1.09 bits per heavy atom. The van der Waals surface area contributed by atoms with Gasteiger partial charge in [-0.15, -0.1) is 0 Å². The number of aryl methyl sites for hydroxylation is 3. The van der Waals surface area contributed by atoms with E-state index < -0.39 is 16.0 Å². The van der Waals surface area contributed by atoms with Gasteiger partial charge in [0.2, 0.25) is 15.9 Å². The highest BCUT2D eigenvalue weighted by atomic mass is 32.2. The quantitative estimate of drug-likeness (QED) is 0.563. The van der Waals surface area contributed by atoms with Crippen molar-refractivity contribution in [3.05, 3.63) is 40.7 Å². The highest BCUT2D eigenvalue weighted by molar-refractivity contribution is 7.89. The van der Waals surface area contributed by atoms with Gasteiger partial charge in [-0.2, -0.15) is 4.31 Å². The third-order valence-corrected chi connectivity index (χ3v) is 8.58. The molecule has 0 spiro atoms. The third-order valence-electron chi connectivity index (χ3n) is 6.53. The summed E-state index contributed by atoms with van der Waals surface area (Å²) in [6.07, 6.45) is 1.99. The topological polar surface area (TPSA) is 110 Å². The Morgan fingerprint density at radius 3 is 2.36 bits per heavy atom. The number of hydrogen-bond donors (Lipinski definition) is 0. The number of hydrogen-bond acceptors (Lipinski definition) is 7. The first-order valence-electron chi connectivity index (χ1n) is 11.2. The van der Waals surface area contributed by atoms with Gasteiger partial charge in [0, 0.05) is 44.9 Å². The zero-order valence-electron chi connectivity index (χ0n) is 19.4. The van der Waals surface area contributed by atoms with Crippen molar-refractivity contribution < 1.29 is 31.6 Å². The van der Waals surface area contributed by atoms with Crippen molar-refractivity contribution in [3.63, 3.8) is 0 Å². The zero-order chi connectivity index (χ0) is 23.9. The van der Waals surface area contributed by atoms with Crippen LogP contribution in [0.1, 0.15) is 59.1 Å². The van der Waals surface area contributed by atoms with Gasteiger partial charge in [-0.25, -0.2) is 13.2 Å². The standard InChI is InChI=1S/C23H30N2O7S/c1-14-13-18(14)19-7-5-17(32-19)6-8-20(26)24-9-11-25(12-10-24)33(28,29)22-16(3)31-15(2)21(22)23(27)30-4/h5,7,14,18H,6,8-13H2,1-4H3. The molecule has 0 N–H and O–H groups in total. The van der Waals surface area contributed by atoms with E-state index in [-0.39, 0.29) is 54.1 Å². The molecule has 9 nitrogen and oxygen atoms in total. The molecule has 1 saturated heterocycles. The van der Waals surface area contributed by atoms with E-state index in [0.717, 1.165) is 17.9 Å². The van der Waals surface area contributed by atoms with E-state index in [1.807, 2.05) is 12.1 Å². The second-order valence-corrected chi connectivity index (χ2v) is 10.7.